The van der Waals surface area contributed by atoms with E-state index in [4.69, 9.17) is 4.43 Å². The summed E-state index contributed by atoms with van der Waals surface area (Å²) < 4.78 is 5.87. The van der Waals surface area contributed by atoms with Gasteiger partial charge in [0.1, 0.15) is 0 Å². The molecule has 0 aromatic heterocycles. The van der Waals surface area contributed by atoms with Crippen molar-refractivity contribution in [3.8, 4) is 0 Å². The minimum Gasteiger partial charge on any atom is -0.417 e. The van der Waals surface area contributed by atoms with Crippen LogP contribution in [0, 0.1) is 5.92 Å². The van der Waals surface area contributed by atoms with E-state index < -0.39 is 8.32 Å². The average Bonchev–Trinajstić information content (AvgIpc) is 2.02. The summed E-state index contributed by atoms with van der Waals surface area (Å²) in [5.41, 5.74) is 0. The zero-order valence-electron chi connectivity index (χ0n) is 8.47. The van der Waals surface area contributed by atoms with Crippen molar-refractivity contribution in [1.29, 1.82) is 0 Å². The summed E-state index contributed by atoms with van der Waals surface area (Å²) in [6, 6.07) is 0. The molecule has 0 bridgehead atoms. The van der Waals surface area contributed by atoms with Crippen molar-refractivity contribution >= 4 is 8.32 Å². The van der Waals surface area contributed by atoms with Gasteiger partial charge in [0.2, 0.25) is 0 Å². The standard InChI is InChI=1S/C10H20OSi/c1-12(2,3)11-9-10-7-5-4-6-8-10/h4-5,10H,6-9H2,1-3H3. The maximum Gasteiger partial charge on any atom is 0.183 e. The molecule has 0 saturated carbocycles. The molecule has 12 heavy (non-hydrogen) atoms. The Hall–Kier alpha value is -0.0831. The second-order valence-corrected chi connectivity index (χ2v) is 9.09. The van der Waals surface area contributed by atoms with Crippen molar-refractivity contribution < 1.29 is 4.43 Å². The van der Waals surface area contributed by atoms with Gasteiger partial charge in [0.15, 0.2) is 8.32 Å². The van der Waals surface area contributed by atoms with Gasteiger partial charge in [-0.15, -0.1) is 0 Å². The van der Waals surface area contributed by atoms with Crippen LogP contribution in [-0.4, -0.2) is 14.9 Å². The van der Waals surface area contributed by atoms with E-state index in [2.05, 4.69) is 31.8 Å². The van der Waals surface area contributed by atoms with Crippen molar-refractivity contribution in [2.24, 2.45) is 5.92 Å². The SMILES string of the molecule is C[Si](C)(C)OCC1CC=CCC1. The molecule has 0 amide bonds. The molecule has 0 spiro atoms. The minimum absolute atomic E-state index is 0.793. The Morgan fingerprint density at radius 3 is 2.58 bits per heavy atom. The van der Waals surface area contributed by atoms with Gasteiger partial charge in [-0.05, 0) is 44.8 Å². The van der Waals surface area contributed by atoms with E-state index in [1.165, 1.54) is 19.3 Å². The first-order valence-electron chi connectivity index (χ1n) is 4.87. The number of hydrogen-bond acceptors (Lipinski definition) is 1. The third kappa shape index (κ3) is 4.07. The summed E-state index contributed by atoms with van der Waals surface area (Å²) in [5.74, 6) is 0.793. The predicted octanol–water partition coefficient (Wildman–Crippen LogP) is 3.19. The monoisotopic (exact) mass is 184 g/mol. The quantitative estimate of drug-likeness (QED) is 0.483. The first kappa shape index (κ1) is 10.0. The topological polar surface area (TPSA) is 9.23 Å². The number of hydrogen-bond donors (Lipinski definition) is 0. The highest BCUT2D eigenvalue weighted by Gasteiger charge is 2.17. The van der Waals surface area contributed by atoms with Crippen molar-refractivity contribution in [3.05, 3.63) is 12.2 Å². The highest BCUT2D eigenvalue weighted by Crippen LogP contribution is 2.19. The molecule has 0 fully saturated rings. The molecule has 2 heteroatoms. The second kappa shape index (κ2) is 4.24. The summed E-state index contributed by atoms with van der Waals surface area (Å²) in [5, 5.41) is 0. The first-order chi connectivity index (χ1) is 5.58. The largest absolute Gasteiger partial charge is 0.417 e. The van der Waals surface area contributed by atoms with Crippen LogP contribution in [-0.2, 0) is 4.43 Å². The summed E-state index contributed by atoms with van der Waals surface area (Å²) >= 11 is 0. The van der Waals surface area contributed by atoms with Crippen LogP contribution in [0.1, 0.15) is 19.3 Å². The highest BCUT2D eigenvalue weighted by molar-refractivity contribution is 6.69. The molecule has 1 nitrogen and oxygen atoms in total. The van der Waals surface area contributed by atoms with E-state index in [-0.39, 0.29) is 0 Å². The fourth-order valence-corrected chi connectivity index (χ4v) is 2.11. The van der Waals surface area contributed by atoms with E-state index in [0.717, 1.165) is 12.5 Å². The molecule has 1 atom stereocenters. The normalized spacial score (nSPS) is 24.4. The minimum atomic E-state index is -1.27. The van der Waals surface area contributed by atoms with Crippen molar-refractivity contribution in [3.63, 3.8) is 0 Å². The average molecular weight is 184 g/mol. The summed E-state index contributed by atoms with van der Waals surface area (Å²) in [4.78, 5) is 0. The molecule has 1 unspecified atom stereocenters. The Bertz CT molecular complexity index is 158. The van der Waals surface area contributed by atoms with E-state index in [1.54, 1.807) is 0 Å². The lowest BCUT2D eigenvalue weighted by molar-refractivity contribution is 0.233. The highest BCUT2D eigenvalue weighted by atomic mass is 28.4. The van der Waals surface area contributed by atoms with Gasteiger partial charge in [0, 0.05) is 6.61 Å². The van der Waals surface area contributed by atoms with Gasteiger partial charge in [0.25, 0.3) is 0 Å². The third-order valence-electron chi connectivity index (χ3n) is 2.13. The van der Waals surface area contributed by atoms with Crippen LogP contribution in [0.25, 0.3) is 0 Å². The molecule has 0 heterocycles. The van der Waals surface area contributed by atoms with E-state index in [1.807, 2.05) is 0 Å². The van der Waals surface area contributed by atoms with Gasteiger partial charge < -0.3 is 4.43 Å². The molecule has 0 aromatic carbocycles. The molecule has 70 valence electrons. The van der Waals surface area contributed by atoms with Crippen LogP contribution in [0.15, 0.2) is 12.2 Å². The maximum absolute atomic E-state index is 5.87. The molecule has 0 N–H and O–H groups in total. The van der Waals surface area contributed by atoms with Gasteiger partial charge in [-0.25, -0.2) is 0 Å². The Morgan fingerprint density at radius 1 is 1.33 bits per heavy atom. The van der Waals surface area contributed by atoms with Gasteiger partial charge in [-0.3, -0.25) is 0 Å². The Labute approximate surface area is 76.9 Å². The molecular weight excluding hydrogens is 164 g/mol. The van der Waals surface area contributed by atoms with Gasteiger partial charge in [0.05, 0.1) is 0 Å². The van der Waals surface area contributed by atoms with Crippen LogP contribution in [0.5, 0.6) is 0 Å². The Morgan fingerprint density at radius 2 is 2.08 bits per heavy atom. The molecule has 1 rings (SSSR count). The van der Waals surface area contributed by atoms with E-state index in [0.29, 0.717) is 0 Å². The van der Waals surface area contributed by atoms with Gasteiger partial charge in [-0.2, -0.15) is 0 Å². The van der Waals surface area contributed by atoms with Crippen molar-refractivity contribution in [1.82, 2.24) is 0 Å². The molecule has 0 aliphatic heterocycles. The van der Waals surface area contributed by atoms with E-state index >= 15 is 0 Å². The lowest BCUT2D eigenvalue weighted by atomic mass is 9.96. The number of allylic oxidation sites excluding steroid dienone is 2. The van der Waals surface area contributed by atoms with Crippen molar-refractivity contribution in [2.45, 2.75) is 38.9 Å². The zero-order valence-corrected chi connectivity index (χ0v) is 9.47. The summed E-state index contributed by atoms with van der Waals surface area (Å²) in [7, 11) is -1.27. The lowest BCUT2D eigenvalue weighted by Crippen LogP contribution is -2.28. The molecule has 1 aliphatic rings. The Kier molecular flexibility index (Phi) is 3.53. The van der Waals surface area contributed by atoms with Crippen LogP contribution in [0.3, 0.4) is 0 Å². The smallest absolute Gasteiger partial charge is 0.183 e. The molecule has 1 aliphatic carbocycles. The predicted molar refractivity (Wildman–Crippen MR) is 55.8 cm³/mol. The molecule has 0 aromatic rings. The molecular formula is C10H20OSi. The van der Waals surface area contributed by atoms with Crippen molar-refractivity contribution in [2.75, 3.05) is 6.61 Å². The van der Waals surface area contributed by atoms with E-state index in [9.17, 15) is 0 Å². The second-order valence-electron chi connectivity index (χ2n) is 4.57. The van der Waals surface area contributed by atoms with Crippen LogP contribution in [0.4, 0.5) is 0 Å². The fraction of sp³-hybridized carbons (Fsp3) is 0.800. The molecule has 0 saturated heterocycles. The molecule has 0 radical (unpaired) electrons. The van der Waals surface area contributed by atoms with Crippen LogP contribution < -0.4 is 0 Å². The third-order valence-corrected chi connectivity index (χ3v) is 3.16. The number of rotatable bonds is 3. The maximum atomic E-state index is 5.87. The lowest BCUT2D eigenvalue weighted by Gasteiger charge is -2.23. The fourth-order valence-electron chi connectivity index (χ4n) is 1.38. The zero-order chi connectivity index (χ0) is 9.03. The summed E-state index contributed by atoms with van der Waals surface area (Å²) in [6.07, 6.45) is 8.37. The van der Waals surface area contributed by atoms with Crippen LogP contribution in [0.2, 0.25) is 19.6 Å². The van der Waals surface area contributed by atoms with Crippen LogP contribution >= 0.6 is 0 Å². The first-order valence-corrected chi connectivity index (χ1v) is 8.28. The Balaban J connectivity index is 2.19. The summed E-state index contributed by atoms with van der Waals surface area (Å²) in [6.45, 7) is 7.75. The van der Waals surface area contributed by atoms with Gasteiger partial charge in [-0.1, -0.05) is 12.2 Å². The van der Waals surface area contributed by atoms with Gasteiger partial charge >= 0.3 is 0 Å².